The predicted octanol–water partition coefficient (Wildman–Crippen LogP) is -2.14. The van der Waals surface area contributed by atoms with Gasteiger partial charge in [0.2, 0.25) is 0 Å². The molecule has 5 heavy (non-hydrogen) atoms. The summed E-state index contributed by atoms with van der Waals surface area (Å²) in [6.45, 7) is 0. The molecule has 0 rings (SSSR count). The molecule has 0 fully saturated rings. The predicted molar refractivity (Wildman–Crippen MR) is 19.7 cm³/mol. The van der Waals surface area contributed by atoms with Gasteiger partial charge in [0.1, 0.15) is 0 Å². The van der Waals surface area contributed by atoms with Crippen LogP contribution in [0.2, 0.25) is 0 Å². The van der Waals surface area contributed by atoms with Crippen LogP contribution in [0.25, 0.3) is 0 Å². The van der Waals surface area contributed by atoms with Crippen molar-refractivity contribution < 1.29 is 13.9 Å². The van der Waals surface area contributed by atoms with Crippen LogP contribution >= 0.6 is 0 Å². The molecule has 0 aromatic carbocycles. The number of rotatable bonds is 0. The molecule has 0 atom stereocenters. The van der Waals surface area contributed by atoms with Crippen molar-refractivity contribution >= 4 is 35.5 Å². The molecule has 5 heteroatoms. The molecular formula is H3O3SSn. The van der Waals surface area contributed by atoms with Crippen LogP contribution in [0, 0.1) is 0 Å². The molecule has 0 heterocycles. The standard InChI is InChI=1S/O2S.H2O.Sn.H/c1-3-2;;;/h;1H2;;. The summed E-state index contributed by atoms with van der Waals surface area (Å²) in [6, 6.07) is 0. The van der Waals surface area contributed by atoms with Gasteiger partial charge in [0.05, 0.1) is 0 Å². The van der Waals surface area contributed by atoms with Crippen molar-refractivity contribution in [2.24, 2.45) is 0 Å². The number of hydrogen-bond donors (Lipinski definition) is 0. The van der Waals surface area contributed by atoms with Crippen molar-refractivity contribution in [3.05, 3.63) is 0 Å². The molecule has 0 aliphatic rings. The Morgan fingerprint density at radius 3 is 1.20 bits per heavy atom. The fourth-order valence-electron chi connectivity index (χ4n) is 0. The Morgan fingerprint density at radius 2 is 1.20 bits per heavy atom. The van der Waals surface area contributed by atoms with Gasteiger partial charge in [0.15, 0.2) is 0 Å². The van der Waals surface area contributed by atoms with Gasteiger partial charge in [-0.1, -0.05) is 0 Å². The number of hydrogen-bond acceptors (Lipinski definition) is 2. The molecule has 0 aromatic heterocycles. The van der Waals surface area contributed by atoms with E-state index in [1.54, 1.807) is 0 Å². The van der Waals surface area contributed by atoms with Crippen molar-refractivity contribution in [3.8, 4) is 0 Å². The van der Waals surface area contributed by atoms with E-state index < -0.39 is 11.6 Å². The summed E-state index contributed by atoms with van der Waals surface area (Å²) < 4.78 is 16.6. The zero-order valence-corrected chi connectivity index (χ0v) is 6.41. The third kappa shape index (κ3) is 90.9. The van der Waals surface area contributed by atoms with Crippen LogP contribution in [-0.2, 0) is 11.6 Å². The van der Waals surface area contributed by atoms with Crippen LogP contribution in [0.1, 0.15) is 0 Å². The second-order valence-corrected chi connectivity index (χ2v) is 0.204. The average Bonchev–Trinajstić information content (AvgIpc) is 0.918. The minimum absolute atomic E-state index is 0. The van der Waals surface area contributed by atoms with E-state index in [4.69, 9.17) is 8.42 Å². The van der Waals surface area contributed by atoms with Crippen LogP contribution in [0.3, 0.4) is 0 Å². The third-order valence-electron chi connectivity index (χ3n) is 0. The van der Waals surface area contributed by atoms with Crippen LogP contribution < -0.4 is 0 Å². The Morgan fingerprint density at radius 1 is 1.20 bits per heavy atom. The summed E-state index contributed by atoms with van der Waals surface area (Å²) in [5.41, 5.74) is 0. The van der Waals surface area contributed by atoms with Gasteiger partial charge >= 0.3 is 35.5 Å². The van der Waals surface area contributed by atoms with Gasteiger partial charge in [-0.25, -0.2) is 0 Å². The van der Waals surface area contributed by atoms with Crippen molar-refractivity contribution in [3.63, 3.8) is 0 Å². The summed E-state index contributed by atoms with van der Waals surface area (Å²) in [6.07, 6.45) is 0. The summed E-state index contributed by atoms with van der Waals surface area (Å²) >= 11 is -0.750. The first-order valence-electron chi connectivity index (χ1n) is 0.333. The van der Waals surface area contributed by atoms with Gasteiger partial charge in [-0.15, -0.1) is 0 Å². The van der Waals surface area contributed by atoms with E-state index in [1.807, 2.05) is 0 Å². The fourth-order valence-corrected chi connectivity index (χ4v) is 0. The van der Waals surface area contributed by atoms with E-state index in [0.717, 1.165) is 0 Å². The summed E-state index contributed by atoms with van der Waals surface area (Å²) in [5.74, 6) is 0. The van der Waals surface area contributed by atoms with E-state index in [0.29, 0.717) is 0 Å². The summed E-state index contributed by atoms with van der Waals surface area (Å²) in [4.78, 5) is 0. The minimum atomic E-state index is -0.750. The van der Waals surface area contributed by atoms with E-state index in [9.17, 15) is 0 Å². The first-order valence-corrected chi connectivity index (χ1v) is 1.00. The normalized spacial score (nSPS) is 2.40. The Balaban J connectivity index is -0.0000000200. The van der Waals surface area contributed by atoms with Crippen molar-refractivity contribution in [1.82, 2.24) is 0 Å². The second-order valence-electron chi connectivity index (χ2n) is 0.0680. The molecule has 3 nitrogen and oxygen atoms in total. The molecule has 3 radical (unpaired) electrons. The molecular weight excluding hydrogens is 199 g/mol. The second kappa shape index (κ2) is 23.5. The van der Waals surface area contributed by atoms with Crippen LogP contribution in [-0.4, -0.2) is 37.8 Å². The molecule has 0 saturated carbocycles. The molecule has 31 valence electrons. The topological polar surface area (TPSA) is 65.6 Å². The molecule has 0 aromatic rings. The van der Waals surface area contributed by atoms with Gasteiger partial charge in [-0.3, -0.25) is 0 Å². The molecule has 0 amide bonds. The van der Waals surface area contributed by atoms with Gasteiger partial charge in [-0.05, 0) is 0 Å². The summed E-state index contributed by atoms with van der Waals surface area (Å²) in [7, 11) is 0. The molecule has 0 aliphatic heterocycles. The van der Waals surface area contributed by atoms with Crippen molar-refractivity contribution in [2.45, 2.75) is 0 Å². The Labute approximate surface area is 49.6 Å². The maximum atomic E-state index is 8.29. The van der Waals surface area contributed by atoms with E-state index in [-0.39, 0.29) is 29.4 Å². The molecule has 2 N–H and O–H groups in total. The molecule has 0 unspecified atom stereocenters. The zero-order valence-electron chi connectivity index (χ0n) is 2.30. The van der Waals surface area contributed by atoms with Gasteiger partial charge < -0.3 is 5.48 Å². The Bertz CT molecular complexity index is 27.9. The summed E-state index contributed by atoms with van der Waals surface area (Å²) in [5, 5.41) is 0. The average molecular weight is 202 g/mol. The maximum absolute atomic E-state index is 8.29. The molecule has 0 aliphatic carbocycles. The van der Waals surface area contributed by atoms with E-state index >= 15 is 0 Å². The Kier molecular flexibility index (Phi) is 82.8. The van der Waals surface area contributed by atoms with Crippen molar-refractivity contribution in [1.29, 1.82) is 0 Å². The van der Waals surface area contributed by atoms with Gasteiger partial charge in [0, 0.05) is 0 Å². The quantitative estimate of drug-likeness (QED) is 0.420. The van der Waals surface area contributed by atoms with Crippen LogP contribution in [0.5, 0.6) is 0 Å². The molecule has 0 bridgehead atoms. The Hall–Kier alpha value is 0.579. The SMILES string of the molecule is O.O=S=O.[SnH]. The third-order valence-corrected chi connectivity index (χ3v) is 0. The van der Waals surface area contributed by atoms with Gasteiger partial charge in [-0.2, -0.15) is 8.42 Å². The van der Waals surface area contributed by atoms with Crippen LogP contribution in [0.15, 0.2) is 0 Å². The monoisotopic (exact) mass is 203 g/mol. The van der Waals surface area contributed by atoms with Crippen molar-refractivity contribution in [2.75, 3.05) is 0 Å². The van der Waals surface area contributed by atoms with Crippen LogP contribution in [0.4, 0.5) is 0 Å². The zero-order chi connectivity index (χ0) is 2.71. The fraction of sp³-hybridized carbons (Fsp3) is 0. The van der Waals surface area contributed by atoms with Gasteiger partial charge in [0.25, 0.3) is 0 Å². The molecule has 0 spiro atoms. The van der Waals surface area contributed by atoms with E-state index in [2.05, 4.69) is 0 Å². The molecule has 0 saturated heterocycles. The van der Waals surface area contributed by atoms with E-state index in [1.165, 1.54) is 0 Å². The first kappa shape index (κ1) is 17.6. The first-order chi connectivity index (χ1) is 1.41.